The third-order valence-electron chi connectivity index (χ3n) is 3.63. The van der Waals surface area contributed by atoms with Crippen LogP contribution in [0.5, 0.6) is 0 Å². The van der Waals surface area contributed by atoms with Gasteiger partial charge in [0.15, 0.2) is 0 Å². The topological polar surface area (TPSA) is 33.1 Å². The Kier molecular flexibility index (Phi) is 6.69. The first-order chi connectivity index (χ1) is 9.38. The van der Waals surface area contributed by atoms with Crippen molar-refractivity contribution in [3.05, 3.63) is 18.0 Å². The summed E-state index contributed by atoms with van der Waals surface area (Å²) in [6.45, 7) is 12.0. The van der Waals surface area contributed by atoms with E-state index < -0.39 is 0 Å². The van der Waals surface area contributed by atoms with Gasteiger partial charge in [-0.1, -0.05) is 27.7 Å². The molecule has 0 aromatic carbocycles. The van der Waals surface area contributed by atoms with Crippen LogP contribution in [0, 0.1) is 5.41 Å². The normalized spacial score (nSPS) is 12.6. The first-order valence-corrected chi connectivity index (χ1v) is 7.77. The van der Waals surface area contributed by atoms with Crippen LogP contribution in [0.15, 0.2) is 12.3 Å². The van der Waals surface area contributed by atoms with Crippen molar-refractivity contribution in [3.63, 3.8) is 0 Å². The fourth-order valence-electron chi connectivity index (χ4n) is 2.78. The Labute approximate surface area is 124 Å². The van der Waals surface area contributed by atoms with Crippen LogP contribution >= 0.6 is 0 Å². The minimum Gasteiger partial charge on any atom is -0.311 e. The summed E-state index contributed by atoms with van der Waals surface area (Å²) in [6, 6.07) is 2.67. The first-order valence-electron chi connectivity index (χ1n) is 7.77. The molecule has 0 aliphatic rings. The lowest BCUT2D eigenvalue weighted by Crippen LogP contribution is -2.37. The van der Waals surface area contributed by atoms with Gasteiger partial charge in [0.2, 0.25) is 0 Å². The SMILES string of the molecule is CCC(CC)n1ccc(CNCC(C)(C)CN(C)C)n1. The molecule has 0 atom stereocenters. The molecule has 20 heavy (non-hydrogen) atoms. The second-order valence-corrected chi connectivity index (χ2v) is 6.76. The lowest BCUT2D eigenvalue weighted by atomic mass is 9.93. The zero-order valence-electron chi connectivity index (χ0n) is 14.1. The molecule has 0 spiro atoms. The van der Waals surface area contributed by atoms with Gasteiger partial charge in [0.05, 0.1) is 11.7 Å². The summed E-state index contributed by atoms with van der Waals surface area (Å²) in [6.07, 6.45) is 4.39. The van der Waals surface area contributed by atoms with Crippen molar-refractivity contribution in [2.24, 2.45) is 5.41 Å². The average molecular weight is 280 g/mol. The van der Waals surface area contributed by atoms with Crippen molar-refractivity contribution in [1.82, 2.24) is 20.0 Å². The van der Waals surface area contributed by atoms with Crippen LogP contribution in [0.1, 0.15) is 52.3 Å². The predicted octanol–water partition coefficient (Wildman–Crippen LogP) is 2.92. The molecule has 0 aliphatic heterocycles. The summed E-state index contributed by atoms with van der Waals surface area (Å²) >= 11 is 0. The highest BCUT2D eigenvalue weighted by atomic mass is 15.3. The van der Waals surface area contributed by atoms with E-state index in [4.69, 9.17) is 0 Å². The van der Waals surface area contributed by atoms with E-state index in [1.54, 1.807) is 0 Å². The molecule has 0 aliphatic carbocycles. The first kappa shape index (κ1) is 17.2. The van der Waals surface area contributed by atoms with E-state index in [0.29, 0.717) is 6.04 Å². The second-order valence-electron chi connectivity index (χ2n) is 6.76. The van der Waals surface area contributed by atoms with E-state index in [9.17, 15) is 0 Å². The van der Waals surface area contributed by atoms with Gasteiger partial charge in [-0.3, -0.25) is 4.68 Å². The predicted molar refractivity (Wildman–Crippen MR) is 85.9 cm³/mol. The minimum absolute atomic E-state index is 0.279. The smallest absolute Gasteiger partial charge is 0.0762 e. The van der Waals surface area contributed by atoms with E-state index in [-0.39, 0.29) is 5.41 Å². The molecule has 1 aromatic rings. The number of aromatic nitrogens is 2. The van der Waals surface area contributed by atoms with Crippen molar-refractivity contribution in [2.45, 2.75) is 53.1 Å². The van der Waals surface area contributed by atoms with E-state index in [1.165, 1.54) is 0 Å². The third-order valence-corrected chi connectivity index (χ3v) is 3.63. The van der Waals surface area contributed by atoms with Gasteiger partial charge in [-0.25, -0.2) is 0 Å². The molecule has 1 N–H and O–H groups in total. The van der Waals surface area contributed by atoms with Crippen LogP contribution in [-0.2, 0) is 6.54 Å². The lowest BCUT2D eigenvalue weighted by molar-refractivity contribution is 0.232. The molecule has 4 nitrogen and oxygen atoms in total. The molecule has 0 fully saturated rings. The maximum absolute atomic E-state index is 4.68. The zero-order chi connectivity index (χ0) is 15.2. The molecular formula is C16H32N4. The Hall–Kier alpha value is -0.870. The van der Waals surface area contributed by atoms with Crippen LogP contribution in [0.2, 0.25) is 0 Å². The van der Waals surface area contributed by atoms with Crippen molar-refractivity contribution in [3.8, 4) is 0 Å². The summed E-state index contributed by atoms with van der Waals surface area (Å²) in [4.78, 5) is 2.24. The van der Waals surface area contributed by atoms with Gasteiger partial charge < -0.3 is 10.2 Å². The maximum atomic E-state index is 4.68. The molecule has 1 heterocycles. The molecule has 0 saturated heterocycles. The van der Waals surface area contributed by atoms with Crippen LogP contribution in [0.3, 0.4) is 0 Å². The van der Waals surface area contributed by atoms with Crippen LogP contribution in [-0.4, -0.2) is 41.9 Å². The van der Waals surface area contributed by atoms with Gasteiger partial charge in [-0.2, -0.15) is 5.10 Å². The van der Waals surface area contributed by atoms with Crippen molar-refractivity contribution in [2.75, 3.05) is 27.2 Å². The summed E-state index contributed by atoms with van der Waals surface area (Å²) in [5.41, 5.74) is 1.42. The third kappa shape index (κ3) is 5.63. The molecule has 1 rings (SSSR count). The molecule has 0 radical (unpaired) electrons. The van der Waals surface area contributed by atoms with E-state index in [0.717, 1.165) is 38.2 Å². The van der Waals surface area contributed by atoms with E-state index in [2.05, 4.69) is 74.1 Å². The molecular weight excluding hydrogens is 248 g/mol. The van der Waals surface area contributed by atoms with Gasteiger partial charge in [0, 0.05) is 25.8 Å². The Morgan fingerprint density at radius 3 is 2.50 bits per heavy atom. The highest BCUT2D eigenvalue weighted by Crippen LogP contribution is 2.16. The Bertz CT molecular complexity index is 378. The second kappa shape index (κ2) is 7.79. The number of nitrogens with zero attached hydrogens (tertiary/aromatic N) is 3. The molecule has 1 aromatic heterocycles. The van der Waals surface area contributed by atoms with Crippen LogP contribution < -0.4 is 5.32 Å². The van der Waals surface area contributed by atoms with Crippen molar-refractivity contribution >= 4 is 0 Å². The van der Waals surface area contributed by atoms with Crippen LogP contribution in [0.25, 0.3) is 0 Å². The highest BCUT2D eigenvalue weighted by Gasteiger charge is 2.18. The van der Waals surface area contributed by atoms with E-state index in [1.807, 2.05) is 0 Å². The number of nitrogens with one attached hydrogen (secondary N) is 1. The quantitative estimate of drug-likeness (QED) is 0.755. The molecule has 0 amide bonds. The summed E-state index contributed by atoms with van der Waals surface area (Å²) in [7, 11) is 4.25. The highest BCUT2D eigenvalue weighted by molar-refractivity contribution is 4.99. The summed E-state index contributed by atoms with van der Waals surface area (Å²) in [5.74, 6) is 0. The Morgan fingerprint density at radius 1 is 1.30 bits per heavy atom. The van der Waals surface area contributed by atoms with Gasteiger partial charge in [0.1, 0.15) is 0 Å². The van der Waals surface area contributed by atoms with Gasteiger partial charge in [-0.05, 0) is 38.4 Å². The van der Waals surface area contributed by atoms with Crippen LogP contribution in [0.4, 0.5) is 0 Å². The zero-order valence-corrected chi connectivity index (χ0v) is 14.1. The minimum atomic E-state index is 0.279. The van der Waals surface area contributed by atoms with Gasteiger partial charge in [-0.15, -0.1) is 0 Å². The van der Waals surface area contributed by atoms with Crippen molar-refractivity contribution in [1.29, 1.82) is 0 Å². The van der Waals surface area contributed by atoms with Gasteiger partial charge >= 0.3 is 0 Å². The largest absolute Gasteiger partial charge is 0.311 e. The average Bonchev–Trinajstić information content (AvgIpc) is 2.77. The van der Waals surface area contributed by atoms with Gasteiger partial charge in [0.25, 0.3) is 0 Å². The number of hydrogen-bond acceptors (Lipinski definition) is 3. The molecule has 0 saturated carbocycles. The fraction of sp³-hybridized carbons (Fsp3) is 0.812. The number of hydrogen-bond donors (Lipinski definition) is 1. The fourth-order valence-corrected chi connectivity index (χ4v) is 2.78. The molecule has 4 heteroatoms. The molecule has 116 valence electrons. The maximum Gasteiger partial charge on any atom is 0.0762 e. The monoisotopic (exact) mass is 280 g/mol. The summed E-state index contributed by atoms with van der Waals surface area (Å²) in [5, 5.41) is 8.21. The molecule has 0 bridgehead atoms. The Balaban J connectivity index is 2.43. The standard InChI is InChI=1S/C16H32N4/c1-7-15(8-2)20-10-9-14(18-20)11-17-12-16(3,4)13-19(5)6/h9-10,15,17H,7-8,11-13H2,1-6H3. The lowest BCUT2D eigenvalue weighted by Gasteiger charge is -2.28. The number of rotatable bonds is 9. The summed E-state index contributed by atoms with van der Waals surface area (Å²) < 4.78 is 2.11. The molecule has 0 unspecified atom stereocenters. The van der Waals surface area contributed by atoms with Crippen molar-refractivity contribution < 1.29 is 0 Å². The van der Waals surface area contributed by atoms with E-state index >= 15 is 0 Å². The Morgan fingerprint density at radius 2 is 1.95 bits per heavy atom.